The largest absolute Gasteiger partial charge is 0.308 e. The van der Waals surface area contributed by atoms with Crippen LogP contribution in [0.25, 0.3) is 119 Å². The van der Waals surface area contributed by atoms with Gasteiger partial charge >= 0.3 is 0 Å². The fraction of sp³-hybridized carbons (Fsp3) is 0. The van der Waals surface area contributed by atoms with Crippen molar-refractivity contribution in [1.82, 2.24) is 18.9 Å². The fourth-order valence-corrected chi connectivity index (χ4v) is 10.4. The van der Waals surface area contributed by atoms with Crippen molar-refractivity contribution in [3.63, 3.8) is 0 Å². The molecule has 5 aromatic heterocycles. The third-order valence-electron chi connectivity index (χ3n) is 11.6. The van der Waals surface area contributed by atoms with Crippen molar-refractivity contribution in [2.45, 2.75) is 0 Å². The van der Waals surface area contributed by atoms with E-state index in [-0.39, 0.29) is 0 Å². The molecule has 0 unspecified atom stereocenters. The summed E-state index contributed by atoms with van der Waals surface area (Å²) in [7, 11) is 0. The van der Waals surface area contributed by atoms with Gasteiger partial charge < -0.3 is 4.40 Å². The molecule has 5 heterocycles. The van der Waals surface area contributed by atoms with Crippen molar-refractivity contribution in [1.29, 1.82) is 0 Å². The summed E-state index contributed by atoms with van der Waals surface area (Å²) in [6.45, 7) is 0. The molecule has 55 heavy (non-hydrogen) atoms. The summed E-state index contributed by atoms with van der Waals surface area (Å²) >= 11 is 1.78. The van der Waals surface area contributed by atoms with Gasteiger partial charge in [0.15, 0.2) is 11.6 Å². The zero-order chi connectivity index (χ0) is 35.8. The zero-order valence-electron chi connectivity index (χ0n) is 29.4. The molecule has 0 fully saturated rings. The molecule has 254 valence electrons. The highest BCUT2D eigenvalue weighted by atomic mass is 32.1. The molecule has 0 spiro atoms. The molecule has 0 atom stereocenters. The number of benzene rings is 8. The molecule has 0 N–H and O–H groups in total. The molecule has 0 amide bonds. The lowest BCUT2D eigenvalue weighted by molar-refractivity contribution is 1.08. The molecule has 0 aliphatic carbocycles. The van der Waals surface area contributed by atoms with Gasteiger partial charge in [-0.2, -0.15) is 0 Å². The molecule has 0 saturated carbocycles. The lowest BCUT2D eigenvalue weighted by atomic mass is 10.00. The van der Waals surface area contributed by atoms with Crippen molar-refractivity contribution in [3.8, 4) is 28.3 Å². The van der Waals surface area contributed by atoms with Gasteiger partial charge in [0.1, 0.15) is 0 Å². The number of aromatic nitrogens is 4. The third kappa shape index (κ3) is 3.94. The Balaban J connectivity index is 1.22. The summed E-state index contributed by atoms with van der Waals surface area (Å²) in [5, 5.41) is 11.0. The summed E-state index contributed by atoms with van der Waals surface area (Å²) in [6, 6.07) is 61.5. The maximum Gasteiger partial charge on any atom is 0.162 e. The van der Waals surface area contributed by atoms with Crippen LogP contribution in [-0.4, -0.2) is 18.9 Å². The maximum absolute atomic E-state index is 5.57. The van der Waals surface area contributed by atoms with E-state index in [0.29, 0.717) is 0 Å². The number of fused-ring (bicyclic) bond motifs is 14. The van der Waals surface area contributed by atoms with Gasteiger partial charge in [-0.05, 0) is 64.4 Å². The van der Waals surface area contributed by atoms with Crippen molar-refractivity contribution in [2.24, 2.45) is 0 Å². The molecule has 0 radical (unpaired) electrons. The third-order valence-corrected chi connectivity index (χ3v) is 12.8. The van der Waals surface area contributed by atoms with E-state index < -0.39 is 0 Å². The minimum atomic E-state index is 0.725. The number of nitrogens with zero attached hydrogens (tertiary/aromatic N) is 4. The van der Waals surface area contributed by atoms with Crippen LogP contribution in [0.5, 0.6) is 0 Å². The number of rotatable bonds is 3. The van der Waals surface area contributed by atoms with Crippen LogP contribution < -0.4 is 0 Å². The van der Waals surface area contributed by atoms with Gasteiger partial charge in [0, 0.05) is 48.0 Å². The van der Waals surface area contributed by atoms with Crippen LogP contribution in [0, 0.1) is 0 Å². The van der Waals surface area contributed by atoms with E-state index in [1.165, 1.54) is 75.5 Å². The monoisotopic (exact) mass is 716 g/mol. The van der Waals surface area contributed by atoms with Crippen molar-refractivity contribution >= 4 is 102 Å². The highest BCUT2D eigenvalue weighted by Crippen LogP contribution is 2.48. The fourth-order valence-electron chi connectivity index (χ4n) is 9.24. The summed E-state index contributed by atoms with van der Waals surface area (Å²) in [6.07, 6.45) is 0. The predicted molar refractivity (Wildman–Crippen MR) is 232 cm³/mol. The minimum Gasteiger partial charge on any atom is -0.308 e. The first kappa shape index (κ1) is 29.4. The molecule has 8 aromatic carbocycles. The lowest BCUT2D eigenvalue weighted by Crippen LogP contribution is -2.01. The highest BCUT2D eigenvalue weighted by Gasteiger charge is 2.26. The van der Waals surface area contributed by atoms with E-state index in [1.54, 1.807) is 11.3 Å². The molecule has 0 bridgehead atoms. The Labute approximate surface area is 318 Å². The first-order chi connectivity index (χ1) is 27.3. The number of para-hydroxylation sites is 2. The second-order valence-electron chi connectivity index (χ2n) is 14.6. The summed E-state index contributed by atoms with van der Waals surface area (Å²) in [5.74, 6) is 1.63. The maximum atomic E-state index is 5.57. The Morgan fingerprint density at radius 2 is 1.11 bits per heavy atom. The average Bonchev–Trinajstić information content (AvgIpc) is 3.98. The molecule has 13 aromatic rings. The van der Waals surface area contributed by atoms with E-state index in [4.69, 9.17) is 9.97 Å². The molecule has 0 saturated heterocycles. The summed E-state index contributed by atoms with van der Waals surface area (Å²) < 4.78 is 7.20. The Kier molecular flexibility index (Phi) is 5.74. The van der Waals surface area contributed by atoms with Crippen molar-refractivity contribution in [2.75, 3.05) is 0 Å². The van der Waals surface area contributed by atoms with E-state index in [9.17, 15) is 0 Å². The standard InChI is InChI=1S/C50H28N4S/c1-2-12-29(13-3-1)32-24-25-41-37(27-32)38-28-42-44(45-35-17-7-9-19-39(35)53(41)47(38)45)34-16-6-10-20-40(34)54(42)50-48-46(36-18-8-11-21-43(36)55-48)51-49(52-50)33-23-22-30-14-4-5-15-31(30)26-33/h1-28H. The lowest BCUT2D eigenvalue weighted by Gasteiger charge is -2.11. The summed E-state index contributed by atoms with van der Waals surface area (Å²) in [5.41, 5.74) is 10.4. The van der Waals surface area contributed by atoms with Gasteiger partial charge in [0.05, 0.1) is 37.8 Å². The molecular weight excluding hydrogens is 689 g/mol. The molecule has 5 heteroatoms. The predicted octanol–water partition coefficient (Wildman–Crippen LogP) is 13.6. The van der Waals surface area contributed by atoms with Crippen molar-refractivity contribution in [3.05, 3.63) is 170 Å². The Hall–Kier alpha value is -7.08. The number of thiophene rings is 1. The molecule has 0 aliphatic rings. The van der Waals surface area contributed by atoms with Crippen LogP contribution in [0.3, 0.4) is 0 Å². The van der Waals surface area contributed by atoms with Crippen LogP contribution in [0.4, 0.5) is 0 Å². The van der Waals surface area contributed by atoms with Crippen LogP contribution >= 0.6 is 11.3 Å². The second kappa shape index (κ2) is 10.8. The number of hydrogen-bond donors (Lipinski definition) is 0. The first-order valence-corrected chi connectivity index (χ1v) is 19.5. The normalized spacial score (nSPS) is 12.4. The molecule has 4 nitrogen and oxygen atoms in total. The van der Waals surface area contributed by atoms with Gasteiger partial charge in [-0.3, -0.25) is 4.57 Å². The average molecular weight is 717 g/mol. The Morgan fingerprint density at radius 1 is 0.418 bits per heavy atom. The topological polar surface area (TPSA) is 35.1 Å². The first-order valence-electron chi connectivity index (χ1n) is 18.7. The van der Waals surface area contributed by atoms with Crippen LogP contribution in [0.2, 0.25) is 0 Å². The molecular formula is C50H28N4S. The van der Waals surface area contributed by atoms with Gasteiger partial charge in [-0.25, -0.2) is 9.97 Å². The van der Waals surface area contributed by atoms with Gasteiger partial charge in [0.25, 0.3) is 0 Å². The molecule has 0 aliphatic heterocycles. The minimum absolute atomic E-state index is 0.725. The van der Waals surface area contributed by atoms with Gasteiger partial charge in [-0.1, -0.05) is 127 Å². The van der Waals surface area contributed by atoms with Crippen LogP contribution in [0.1, 0.15) is 0 Å². The second-order valence-corrected chi connectivity index (χ2v) is 15.6. The van der Waals surface area contributed by atoms with E-state index in [2.05, 4.69) is 179 Å². The SMILES string of the molecule is c1ccc(-c2ccc3c(c2)c2cc4c(c5ccccc5n4-c4nc(-c5ccc6ccccc6c5)nc5c4sc4ccccc45)c4c5ccccc5n3c24)cc1. The molecule has 13 rings (SSSR count). The number of hydrogen-bond acceptors (Lipinski definition) is 3. The van der Waals surface area contributed by atoms with E-state index in [1.807, 2.05) is 0 Å². The smallest absolute Gasteiger partial charge is 0.162 e. The van der Waals surface area contributed by atoms with E-state index in [0.717, 1.165) is 43.8 Å². The van der Waals surface area contributed by atoms with Gasteiger partial charge in [0.2, 0.25) is 0 Å². The Morgan fingerprint density at radius 3 is 1.98 bits per heavy atom. The van der Waals surface area contributed by atoms with Crippen molar-refractivity contribution < 1.29 is 0 Å². The Bertz CT molecular complexity index is 3720. The summed E-state index contributed by atoms with van der Waals surface area (Å²) in [4.78, 5) is 10.9. The van der Waals surface area contributed by atoms with Crippen LogP contribution in [0.15, 0.2) is 170 Å². The highest BCUT2D eigenvalue weighted by molar-refractivity contribution is 7.26. The van der Waals surface area contributed by atoms with Crippen LogP contribution in [-0.2, 0) is 0 Å². The quantitative estimate of drug-likeness (QED) is 0.182. The zero-order valence-corrected chi connectivity index (χ0v) is 30.2. The van der Waals surface area contributed by atoms with Gasteiger partial charge in [-0.15, -0.1) is 11.3 Å². The van der Waals surface area contributed by atoms with E-state index >= 15 is 0 Å².